The molecule has 112 valence electrons. The lowest BCUT2D eigenvalue weighted by Crippen LogP contribution is -2.25. The molecule has 0 bridgehead atoms. The Balaban J connectivity index is 2.07. The number of hydrogen-bond donors (Lipinski definition) is 1. The first-order valence-electron chi connectivity index (χ1n) is 6.23. The third-order valence-electron chi connectivity index (χ3n) is 2.83. The van der Waals surface area contributed by atoms with Gasteiger partial charge in [-0.1, -0.05) is 0 Å². The van der Waals surface area contributed by atoms with Crippen LogP contribution < -0.4 is 5.32 Å². The first-order chi connectivity index (χ1) is 9.86. The van der Waals surface area contributed by atoms with Crippen LogP contribution in [0.4, 0.5) is 0 Å². The number of rotatable bonds is 5. The second kappa shape index (κ2) is 6.32. The molecule has 0 saturated heterocycles. The molecule has 0 aliphatic heterocycles. The fourth-order valence-electron chi connectivity index (χ4n) is 1.88. The molecule has 0 radical (unpaired) electrons. The fourth-order valence-corrected chi connectivity index (χ4v) is 2.74. The highest BCUT2D eigenvalue weighted by atomic mass is 35.7. The van der Waals surface area contributed by atoms with E-state index in [1.165, 1.54) is 12.1 Å². The van der Waals surface area contributed by atoms with Gasteiger partial charge in [0.15, 0.2) is 0 Å². The van der Waals surface area contributed by atoms with Gasteiger partial charge in [-0.2, -0.15) is 0 Å². The van der Waals surface area contributed by atoms with E-state index >= 15 is 0 Å². The third-order valence-corrected chi connectivity index (χ3v) is 4.16. The maximum atomic E-state index is 12.0. The van der Waals surface area contributed by atoms with Gasteiger partial charge in [-0.05, 0) is 42.8 Å². The minimum atomic E-state index is -3.86. The summed E-state index contributed by atoms with van der Waals surface area (Å²) in [6.45, 7) is 2.09. The van der Waals surface area contributed by atoms with Crippen LogP contribution in [0.15, 0.2) is 45.9 Å². The number of benzene rings is 1. The molecule has 2 aromatic rings. The van der Waals surface area contributed by atoms with Crippen LogP contribution in [-0.2, 0) is 15.5 Å². The molecule has 0 aliphatic rings. The molecule has 0 saturated carbocycles. The lowest BCUT2D eigenvalue weighted by Gasteiger charge is -2.07. The van der Waals surface area contributed by atoms with E-state index < -0.39 is 9.05 Å². The third kappa shape index (κ3) is 4.34. The zero-order chi connectivity index (χ0) is 15.5. The summed E-state index contributed by atoms with van der Waals surface area (Å²) >= 11 is 0. The predicted molar refractivity (Wildman–Crippen MR) is 79.0 cm³/mol. The summed E-state index contributed by atoms with van der Waals surface area (Å²) in [5.74, 6) is 0.412. The van der Waals surface area contributed by atoms with E-state index in [-0.39, 0.29) is 16.4 Å². The van der Waals surface area contributed by atoms with Crippen molar-refractivity contribution in [1.29, 1.82) is 0 Å². The number of furan rings is 1. The number of carbonyl (C=O) groups excluding carboxylic acids is 1. The standard InChI is InChI=1S/C14H14ClNO4S/c1-10-7-11(9-13(8-10)21(15,18)19)14(17)16-5-4-12-3-2-6-20-12/h2-3,6-9H,4-5H2,1H3,(H,16,17). The smallest absolute Gasteiger partial charge is 0.261 e. The second-order valence-electron chi connectivity index (χ2n) is 4.56. The molecule has 0 fully saturated rings. The molecular formula is C14H14ClNO4S. The Morgan fingerprint density at radius 2 is 2.10 bits per heavy atom. The maximum absolute atomic E-state index is 12.0. The molecule has 0 spiro atoms. The number of amides is 1. The number of aryl methyl sites for hydroxylation is 1. The van der Waals surface area contributed by atoms with Gasteiger partial charge in [-0.25, -0.2) is 8.42 Å². The van der Waals surface area contributed by atoms with E-state index in [1.807, 2.05) is 6.07 Å². The van der Waals surface area contributed by atoms with E-state index in [2.05, 4.69) is 5.32 Å². The van der Waals surface area contributed by atoms with E-state index in [9.17, 15) is 13.2 Å². The normalized spacial score (nSPS) is 11.3. The minimum Gasteiger partial charge on any atom is -0.469 e. The van der Waals surface area contributed by atoms with E-state index in [0.29, 0.717) is 18.5 Å². The summed E-state index contributed by atoms with van der Waals surface area (Å²) in [6.07, 6.45) is 2.13. The van der Waals surface area contributed by atoms with Crippen LogP contribution in [0, 0.1) is 6.92 Å². The monoisotopic (exact) mass is 327 g/mol. The topological polar surface area (TPSA) is 76.4 Å². The summed E-state index contributed by atoms with van der Waals surface area (Å²) in [6, 6.07) is 7.87. The molecule has 1 heterocycles. The molecule has 0 unspecified atom stereocenters. The SMILES string of the molecule is Cc1cc(C(=O)NCCc2ccco2)cc(S(=O)(=O)Cl)c1. The summed E-state index contributed by atoms with van der Waals surface area (Å²) in [7, 11) is 1.45. The summed E-state index contributed by atoms with van der Waals surface area (Å²) < 4.78 is 27.9. The largest absolute Gasteiger partial charge is 0.469 e. The van der Waals surface area contributed by atoms with E-state index in [4.69, 9.17) is 15.1 Å². The fraction of sp³-hybridized carbons (Fsp3) is 0.214. The van der Waals surface area contributed by atoms with Crippen LogP contribution in [0.2, 0.25) is 0 Å². The van der Waals surface area contributed by atoms with Crippen molar-refractivity contribution < 1.29 is 17.6 Å². The summed E-state index contributed by atoms with van der Waals surface area (Å²) in [5, 5.41) is 2.71. The lowest BCUT2D eigenvalue weighted by molar-refractivity contribution is 0.0953. The lowest BCUT2D eigenvalue weighted by atomic mass is 10.1. The number of carbonyl (C=O) groups is 1. The minimum absolute atomic E-state index is 0.0830. The summed E-state index contributed by atoms with van der Waals surface area (Å²) in [4.78, 5) is 11.9. The summed E-state index contributed by atoms with van der Waals surface area (Å²) in [5.41, 5.74) is 0.904. The van der Waals surface area contributed by atoms with E-state index in [0.717, 1.165) is 5.76 Å². The molecular weight excluding hydrogens is 314 g/mol. The van der Waals surface area contributed by atoms with E-state index in [1.54, 1.807) is 25.3 Å². The van der Waals surface area contributed by atoms with Gasteiger partial charge in [0.2, 0.25) is 0 Å². The van der Waals surface area contributed by atoms with Crippen LogP contribution in [-0.4, -0.2) is 20.9 Å². The Morgan fingerprint density at radius 1 is 1.33 bits per heavy atom. The van der Waals surface area contributed by atoms with Crippen molar-refractivity contribution in [1.82, 2.24) is 5.32 Å². The van der Waals surface area contributed by atoms with Crippen LogP contribution in [0.25, 0.3) is 0 Å². The Kier molecular flexibility index (Phi) is 4.69. The molecule has 21 heavy (non-hydrogen) atoms. The zero-order valence-electron chi connectivity index (χ0n) is 11.3. The molecule has 1 N–H and O–H groups in total. The van der Waals surface area contributed by atoms with Gasteiger partial charge in [-0.3, -0.25) is 4.79 Å². The average Bonchev–Trinajstić information content (AvgIpc) is 2.90. The van der Waals surface area contributed by atoms with Gasteiger partial charge in [0.05, 0.1) is 11.2 Å². The van der Waals surface area contributed by atoms with Crippen molar-refractivity contribution >= 4 is 25.6 Å². The molecule has 1 aromatic heterocycles. The number of hydrogen-bond acceptors (Lipinski definition) is 4. The Morgan fingerprint density at radius 3 is 2.71 bits per heavy atom. The Hall–Kier alpha value is -1.79. The van der Waals surface area contributed by atoms with Crippen molar-refractivity contribution in [2.24, 2.45) is 0 Å². The van der Waals surface area contributed by atoms with Crippen LogP contribution >= 0.6 is 10.7 Å². The molecule has 2 rings (SSSR count). The Labute approximate surface area is 127 Å². The molecule has 0 aliphatic carbocycles. The molecule has 0 atom stereocenters. The number of nitrogens with one attached hydrogen (secondary N) is 1. The van der Waals surface area contributed by atoms with Gasteiger partial charge < -0.3 is 9.73 Å². The number of halogens is 1. The van der Waals surface area contributed by atoms with Gasteiger partial charge in [0.1, 0.15) is 5.76 Å². The second-order valence-corrected chi connectivity index (χ2v) is 7.12. The van der Waals surface area contributed by atoms with Crippen LogP contribution in [0.3, 0.4) is 0 Å². The van der Waals surface area contributed by atoms with Crippen LogP contribution in [0.1, 0.15) is 21.7 Å². The van der Waals surface area contributed by atoms with Crippen LogP contribution in [0.5, 0.6) is 0 Å². The van der Waals surface area contributed by atoms with Gasteiger partial charge in [0, 0.05) is 29.2 Å². The van der Waals surface area contributed by atoms with Gasteiger partial charge in [-0.15, -0.1) is 0 Å². The molecule has 1 amide bonds. The van der Waals surface area contributed by atoms with Crippen molar-refractivity contribution in [2.45, 2.75) is 18.2 Å². The van der Waals surface area contributed by atoms with Crippen molar-refractivity contribution in [3.05, 3.63) is 53.5 Å². The molecule has 7 heteroatoms. The molecule has 5 nitrogen and oxygen atoms in total. The van der Waals surface area contributed by atoms with Gasteiger partial charge >= 0.3 is 0 Å². The Bertz CT molecular complexity index is 738. The highest BCUT2D eigenvalue weighted by Crippen LogP contribution is 2.18. The highest BCUT2D eigenvalue weighted by molar-refractivity contribution is 8.13. The molecule has 1 aromatic carbocycles. The highest BCUT2D eigenvalue weighted by Gasteiger charge is 2.14. The maximum Gasteiger partial charge on any atom is 0.261 e. The van der Waals surface area contributed by atoms with Crippen molar-refractivity contribution in [3.63, 3.8) is 0 Å². The van der Waals surface area contributed by atoms with Gasteiger partial charge in [0.25, 0.3) is 15.0 Å². The zero-order valence-corrected chi connectivity index (χ0v) is 12.9. The van der Waals surface area contributed by atoms with Crippen molar-refractivity contribution in [3.8, 4) is 0 Å². The first-order valence-corrected chi connectivity index (χ1v) is 8.54. The predicted octanol–water partition coefficient (Wildman–Crippen LogP) is 2.49. The average molecular weight is 328 g/mol. The quantitative estimate of drug-likeness (QED) is 0.856. The first kappa shape index (κ1) is 15.6. The van der Waals surface area contributed by atoms with Crippen molar-refractivity contribution in [2.75, 3.05) is 6.54 Å².